The highest BCUT2D eigenvalue weighted by Crippen LogP contribution is 2.33. The highest BCUT2D eigenvalue weighted by molar-refractivity contribution is 5.68. The van der Waals surface area contributed by atoms with E-state index in [0.29, 0.717) is 0 Å². The molecule has 0 spiro atoms. The van der Waals surface area contributed by atoms with Gasteiger partial charge in [0.25, 0.3) is 0 Å². The highest BCUT2D eigenvalue weighted by atomic mass is 16.5. The first kappa shape index (κ1) is 30.1. The number of hydrogen-bond donors (Lipinski definition) is 0. The second kappa shape index (κ2) is 15.7. The number of hydrogen-bond acceptors (Lipinski definition) is 3. The molecular weight excluding hydrogens is 514 g/mol. The summed E-state index contributed by atoms with van der Waals surface area (Å²) in [4.78, 5) is 8.08. The van der Waals surface area contributed by atoms with Crippen molar-refractivity contribution < 1.29 is 4.74 Å². The lowest BCUT2D eigenvalue weighted by molar-refractivity contribution is 0.183. The SMILES string of the molecule is CCCCOc1ccc(CN(Cc2c(-c3ccccc3)nc(-c3ccccc3)n2CCCC)CC2CCCCC2)cc1. The zero-order chi connectivity index (χ0) is 29.0. The molecule has 4 heteroatoms. The molecule has 1 aromatic heterocycles. The van der Waals surface area contributed by atoms with E-state index < -0.39 is 0 Å². The van der Waals surface area contributed by atoms with Crippen LogP contribution in [0.3, 0.4) is 0 Å². The molecule has 1 heterocycles. The Hall–Kier alpha value is -3.37. The van der Waals surface area contributed by atoms with Crippen molar-refractivity contribution >= 4 is 0 Å². The zero-order valence-electron chi connectivity index (χ0n) is 25.8. The number of aromatic nitrogens is 2. The lowest BCUT2D eigenvalue weighted by Crippen LogP contribution is -2.31. The summed E-state index contributed by atoms with van der Waals surface area (Å²) in [5.74, 6) is 2.82. The van der Waals surface area contributed by atoms with Gasteiger partial charge in [0.1, 0.15) is 11.6 Å². The lowest BCUT2D eigenvalue weighted by Gasteiger charge is -2.30. The van der Waals surface area contributed by atoms with E-state index in [1.54, 1.807) is 0 Å². The Morgan fingerprint density at radius 3 is 2.10 bits per heavy atom. The summed E-state index contributed by atoms with van der Waals surface area (Å²) in [5.41, 5.74) is 6.20. The fourth-order valence-electron chi connectivity index (χ4n) is 6.25. The number of imidazole rings is 1. The van der Waals surface area contributed by atoms with Crippen LogP contribution in [0.2, 0.25) is 0 Å². The van der Waals surface area contributed by atoms with Crippen molar-refractivity contribution in [2.24, 2.45) is 5.92 Å². The monoisotopic (exact) mass is 563 g/mol. The minimum atomic E-state index is 0.760. The van der Waals surface area contributed by atoms with Gasteiger partial charge >= 0.3 is 0 Å². The topological polar surface area (TPSA) is 30.3 Å². The molecule has 3 aromatic carbocycles. The summed E-state index contributed by atoms with van der Waals surface area (Å²) in [6.45, 7) is 9.20. The fourth-order valence-corrected chi connectivity index (χ4v) is 6.25. The Kier molecular flexibility index (Phi) is 11.3. The molecule has 0 bridgehead atoms. The maximum Gasteiger partial charge on any atom is 0.140 e. The van der Waals surface area contributed by atoms with Crippen LogP contribution in [0.1, 0.15) is 82.9 Å². The van der Waals surface area contributed by atoms with E-state index in [2.05, 4.69) is 108 Å². The van der Waals surface area contributed by atoms with Gasteiger partial charge in [0.15, 0.2) is 0 Å². The van der Waals surface area contributed by atoms with Gasteiger partial charge in [0.05, 0.1) is 18.0 Å². The van der Waals surface area contributed by atoms with Crippen molar-refractivity contribution in [3.05, 3.63) is 96.2 Å². The zero-order valence-corrected chi connectivity index (χ0v) is 25.8. The van der Waals surface area contributed by atoms with Crippen molar-refractivity contribution in [1.82, 2.24) is 14.5 Å². The maximum absolute atomic E-state index is 5.96. The Balaban J connectivity index is 1.50. The van der Waals surface area contributed by atoms with Crippen LogP contribution in [0.4, 0.5) is 0 Å². The van der Waals surface area contributed by atoms with Gasteiger partial charge in [-0.15, -0.1) is 0 Å². The Labute approximate surface area is 253 Å². The van der Waals surface area contributed by atoms with E-state index in [0.717, 1.165) is 81.7 Å². The molecule has 222 valence electrons. The van der Waals surface area contributed by atoms with Crippen molar-refractivity contribution in [3.63, 3.8) is 0 Å². The Morgan fingerprint density at radius 2 is 1.43 bits per heavy atom. The van der Waals surface area contributed by atoms with Gasteiger partial charge in [-0.25, -0.2) is 4.98 Å². The summed E-state index contributed by atoms with van der Waals surface area (Å²) in [6, 6.07) is 30.4. The van der Waals surface area contributed by atoms with Gasteiger partial charge in [-0.05, 0) is 49.3 Å². The Bertz CT molecular complexity index is 1320. The minimum Gasteiger partial charge on any atom is -0.494 e. The quantitative estimate of drug-likeness (QED) is 0.135. The summed E-state index contributed by atoms with van der Waals surface area (Å²) < 4.78 is 8.49. The van der Waals surface area contributed by atoms with E-state index in [1.165, 1.54) is 54.5 Å². The van der Waals surface area contributed by atoms with Gasteiger partial charge in [-0.3, -0.25) is 4.90 Å². The van der Waals surface area contributed by atoms with Crippen LogP contribution in [0.5, 0.6) is 5.75 Å². The summed E-state index contributed by atoms with van der Waals surface area (Å²) in [7, 11) is 0. The third-order valence-electron chi connectivity index (χ3n) is 8.60. The predicted molar refractivity (Wildman–Crippen MR) is 176 cm³/mol. The smallest absolute Gasteiger partial charge is 0.140 e. The predicted octanol–water partition coefficient (Wildman–Crippen LogP) is 9.78. The molecule has 0 atom stereocenters. The van der Waals surface area contributed by atoms with E-state index in [9.17, 15) is 0 Å². The first-order valence-corrected chi connectivity index (χ1v) is 16.4. The third kappa shape index (κ3) is 8.13. The van der Waals surface area contributed by atoms with E-state index in [-0.39, 0.29) is 0 Å². The molecule has 1 saturated carbocycles. The van der Waals surface area contributed by atoms with E-state index in [4.69, 9.17) is 9.72 Å². The van der Waals surface area contributed by atoms with Crippen molar-refractivity contribution in [1.29, 1.82) is 0 Å². The first-order chi connectivity index (χ1) is 20.7. The van der Waals surface area contributed by atoms with Gasteiger partial charge < -0.3 is 9.30 Å². The third-order valence-corrected chi connectivity index (χ3v) is 8.60. The van der Waals surface area contributed by atoms with Crippen LogP contribution < -0.4 is 4.74 Å². The van der Waals surface area contributed by atoms with Gasteiger partial charge in [0.2, 0.25) is 0 Å². The first-order valence-electron chi connectivity index (χ1n) is 16.4. The number of ether oxygens (including phenoxy) is 1. The molecule has 5 rings (SSSR count). The molecule has 0 aliphatic heterocycles. The number of nitrogens with zero attached hydrogens (tertiary/aromatic N) is 3. The molecule has 0 radical (unpaired) electrons. The molecule has 1 aliphatic rings. The van der Waals surface area contributed by atoms with Crippen molar-refractivity contribution in [3.8, 4) is 28.4 Å². The molecule has 1 aliphatic carbocycles. The average Bonchev–Trinajstić information content (AvgIpc) is 3.40. The van der Waals surface area contributed by atoms with Gasteiger partial charge in [-0.1, -0.05) is 119 Å². The van der Waals surface area contributed by atoms with Crippen LogP contribution in [-0.4, -0.2) is 27.6 Å². The fraction of sp³-hybridized carbons (Fsp3) is 0.447. The van der Waals surface area contributed by atoms with Crippen molar-refractivity contribution in [2.75, 3.05) is 13.2 Å². The van der Waals surface area contributed by atoms with E-state index >= 15 is 0 Å². The second-order valence-corrected chi connectivity index (χ2v) is 12.0. The standard InChI is InChI=1S/C38H49N3O/c1-3-5-26-41-36(37(33-18-12-8-13-19-33)39-38(41)34-20-14-9-15-21-34)30-40(28-31-16-10-7-11-17-31)29-32-22-24-35(25-23-32)42-27-6-4-2/h8-9,12-15,18-25,31H,3-7,10-11,16-17,26-30H2,1-2H3. The van der Waals surface area contributed by atoms with Crippen LogP contribution in [0.25, 0.3) is 22.6 Å². The van der Waals surface area contributed by atoms with Gasteiger partial charge in [0, 0.05) is 37.3 Å². The largest absolute Gasteiger partial charge is 0.494 e. The summed E-state index contributed by atoms with van der Waals surface area (Å²) in [6.07, 6.45) is 11.3. The molecule has 4 nitrogen and oxygen atoms in total. The van der Waals surface area contributed by atoms with Crippen molar-refractivity contribution in [2.45, 2.75) is 91.3 Å². The molecule has 0 saturated heterocycles. The highest BCUT2D eigenvalue weighted by Gasteiger charge is 2.24. The average molecular weight is 564 g/mol. The van der Waals surface area contributed by atoms with Crippen LogP contribution >= 0.6 is 0 Å². The summed E-state index contributed by atoms with van der Waals surface area (Å²) >= 11 is 0. The second-order valence-electron chi connectivity index (χ2n) is 12.0. The van der Waals surface area contributed by atoms with Crippen LogP contribution in [-0.2, 0) is 19.6 Å². The number of rotatable bonds is 15. The van der Waals surface area contributed by atoms with Crippen LogP contribution in [0, 0.1) is 5.92 Å². The molecular formula is C38H49N3O. The molecule has 1 fully saturated rings. The maximum atomic E-state index is 5.96. The van der Waals surface area contributed by atoms with Gasteiger partial charge in [-0.2, -0.15) is 0 Å². The molecule has 42 heavy (non-hydrogen) atoms. The molecule has 4 aromatic rings. The van der Waals surface area contributed by atoms with Crippen LogP contribution in [0.15, 0.2) is 84.9 Å². The summed E-state index contributed by atoms with van der Waals surface area (Å²) in [5, 5.41) is 0. The minimum absolute atomic E-state index is 0.760. The molecule has 0 amide bonds. The Morgan fingerprint density at radius 1 is 0.762 bits per heavy atom. The number of benzene rings is 3. The molecule has 0 unspecified atom stereocenters. The lowest BCUT2D eigenvalue weighted by atomic mass is 9.89. The van der Waals surface area contributed by atoms with E-state index in [1.807, 2.05) is 0 Å². The normalized spacial score (nSPS) is 14.0. The number of unbranched alkanes of at least 4 members (excludes halogenated alkanes) is 2. The molecule has 0 N–H and O–H groups in total.